The fourth-order valence-electron chi connectivity index (χ4n) is 1.87. The number of rotatable bonds is 7. The van der Waals surface area contributed by atoms with Gasteiger partial charge in [0.15, 0.2) is 0 Å². The molecule has 0 spiro atoms. The van der Waals surface area contributed by atoms with Crippen molar-refractivity contribution in [3.05, 3.63) is 34.3 Å². The molecule has 0 aromatic heterocycles. The van der Waals surface area contributed by atoms with Crippen molar-refractivity contribution in [3.63, 3.8) is 0 Å². The summed E-state index contributed by atoms with van der Waals surface area (Å²) in [4.78, 5) is 0. The van der Waals surface area contributed by atoms with Crippen LogP contribution in [0.15, 0.2) is 28.7 Å². The van der Waals surface area contributed by atoms with Crippen molar-refractivity contribution in [2.24, 2.45) is 0 Å². The van der Waals surface area contributed by atoms with Crippen LogP contribution in [0.3, 0.4) is 0 Å². The summed E-state index contributed by atoms with van der Waals surface area (Å²) >= 11 is 3.52. The third-order valence-electron chi connectivity index (χ3n) is 2.83. The summed E-state index contributed by atoms with van der Waals surface area (Å²) in [5.74, 6) is 0. The topological polar surface area (TPSA) is 12.0 Å². The molecule has 16 heavy (non-hydrogen) atoms. The van der Waals surface area contributed by atoms with E-state index in [-0.39, 0.29) is 0 Å². The minimum atomic E-state index is 0.495. The summed E-state index contributed by atoms with van der Waals surface area (Å²) in [6.07, 6.45) is 5.03. The van der Waals surface area contributed by atoms with Gasteiger partial charge in [0.2, 0.25) is 0 Å². The molecule has 1 aromatic rings. The van der Waals surface area contributed by atoms with Crippen LogP contribution in [0.1, 0.15) is 51.1 Å². The van der Waals surface area contributed by atoms with E-state index in [2.05, 4.69) is 59.4 Å². The van der Waals surface area contributed by atoms with E-state index in [0.717, 1.165) is 13.0 Å². The highest BCUT2D eigenvalue weighted by molar-refractivity contribution is 9.10. The molecular weight excluding hydrogens is 262 g/mol. The predicted octanol–water partition coefficient (Wildman–Crippen LogP) is 4.68. The number of benzene rings is 1. The van der Waals surface area contributed by atoms with Gasteiger partial charge < -0.3 is 5.32 Å². The quantitative estimate of drug-likeness (QED) is 0.717. The first kappa shape index (κ1) is 13.7. The fourth-order valence-corrected chi connectivity index (χ4v) is 2.29. The molecule has 0 saturated carbocycles. The van der Waals surface area contributed by atoms with E-state index in [9.17, 15) is 0 Å². The molecule has 1 nitrogen and oxygen atoms in total. The zero-order chi connectivity index (χ0) is 11.8. The summed E-state index contributed by atoms with van der Waals surface area (Å²) in [6.45, 7) is 5.60. The molecule has 0 fully saturated rings. The maximum Gasteiger partial charge on any atom is 0.0318 e. The molecule has 0 aliphatic rings. The van der Waals surface area contributed by atoms with Crippen molar-refractivity contribution < 1.29 is 0 Å². The summed E-state index contributed by atoms with van der Waals surface area (Å²) in [5, 5.41) is 3.63. The molecule has 1 rings (SSSR count). The van der Waals surface area contributed by atoms with Crippen LogP contribution in [0.5, 0.6) is 0 Å². The molecule has 0 bridgehead atoms. The highest BCUT2D eigenvalue weighted by atomic mass is 79.9. The first-order valence-electron chi connectivity index (χ1n) is 6.26. The maximum absolute atomic E-state index is 3.63. The lowest BCUT2D eigenvalue weighted by Gasteiger charge is -2.17. The molecule has 0 radical (unpaired) electrons. The Morgan fingerprint density at radius 3 is 2.69 bits per heavy atom. The summed E-state index contributed by atoms with van der Waals surface area (Å²) in [7, 11) is 0. The minimum absolute atomic E-state index is 0.495. The van der Waals surface area contributed by atoms with Gasteiger partial charge in [-0.3, -0.25) is 0 Å². The summed E-state index contributed by atoms with van der Waals surface area (Å²) < 4.78 is 1.17. The molecule has 1 aromatic carbocycles. The lowest BCUT2D eigenvalue weighted by atomic mass is 10.0. The average molecular weight is 284 g/mol. The normalized spacial score (nSPS) is 12.7. The highest BCUT2D eigenvalue weighted by Crippen LogP contribution is 2.20. The second-order valence-corrected chi connectivity index (χ2v) is 5.09. The van der Waals surface area contributed by atoms with Crippen molar-refractivity contribution in [3.8, 4) is 0 Å². The van der Waals surface area contributed by atoms with Gasteiger partial charge in [0.05, 0.1) is 0 Å². The molecule has 0 aliphatic heterocycles. The Hall–Kier alpha value is -0.340. The molecular formula is C14H22BrN. The molecule has 1 N–H and O–H groups in total. The van der Waals surface area contributed by atoms with Gasteiger partial charge >= 0.3 is 0 Å². The van der Waals surface area contributed by atoms with E-state index >= 15 is 0 Å². The van der Waals surface area contributed by atoms with Crippen molar-refractivity contribution in [1.29, 1.82) is 0 Å². The standard InChI is InChI=1S/C14H22BrN/c1-3-5-6-10-16-14(4-2)12-8-7-9-13(15)11-12/h7-9,11,14,16H,3-6,10H2,1-2H3. The van der Waals surface area contributed by atoms with Gasteiger partial charge in [-0.2, -0.15) is 0 Å². The Labute approximate surface area is 108 Å². The van der Waals surface area contributed by atoms with Crippen molar-refractivity contribution in [1.82, 2.24) is 5.32 Å². The zero-order valence-electron chi connectivity index (χ0n) is 10.3. The number of unbranched alkanes of at least 4 members (excludes halogenated alkanes) is 2. The predicted molar refractivity (Wildman–Crippen MR) is 74.7 cm³/mol. The van der Waals surface area contributed by atoms with Crippen molar-refractivity contribution in [2.45, 2.75) is 45.6 Å². The van der Waals surface area contributed by atoms with Crippen molar-refractivity contribution in [2.75, 3.05) is 6.54 Å². The second kappa shape index (κ2) is 7.86. The number of hydrogen-bond acceptors (Lipinski definition) is 1. The Balaban J connectivity index is 2.47. The number of nitrogens with one attached hydrogen (secondary N) is 1. The molecule has 1 unspecified atom stereocenters. The smallest absolute Gasteiger partial charge is 0.0318 e. The van der Waals surface area contributed by atoms with Crippen LogP contribution >= 0.6 is 15.9 Å². The van der Waals surface area contributed by atoms with Crippen LogP contribution in [0.4, 0.5) is 0 Å². The largest absolute Gasteiger partial charge is 0.310 e. The van der Waals surface area contributed by atoms with Crippen LogP contribution < -0.4 is 5.32 Å². The highest BCUT2D eigenvalue weighted by Gasteiger charge is 2.07. The van der Waals surface area contributed by atoms with Gasteiger partial charge in [-0.05, 0) is 37.1 Å². The van der Waals surface area contributed by atoms with Crippen LogP contribution in [-0.4, -0.2) is 6.54 Å². The van der Waals surface area contributed by atoms with E-state index in [4.69, 9.17) is 0 Å². The molecule has 0 amide bonds. The van der Waals surface area contributed by atoms with E-state index in [1.54, 1.807) is 0 Å². The van der Waals surface area contributed by atoms with Gasteiger partial charge in [0.25, 0.3) is 0 Å². The third-order valence-corrected chi connectivity index (χ3v) is 3.32. The molecule has 2 heteroatoms. The average Bonchev–Trinajstić information content (AvgIpc) is 2.29. The number of halogens is 1. The van der Waals surface area contributed by atoms with E-state index in [1.807, 2.05) is 0 Å². The van der Waals surface area contributed by atoms with Crippen LogP contribution in [0, 0.1) is 0 Å². The minimum Gasteiger partial charge on any atom is -0.310 e. The lowest BCUT2D eigenvalue weighted by molar-refractivity contribution is 0.501. The van der Waals surface area contributed by atoms with Crippen LogP contribution in [0.2, 0.25) is 0 Å². The Kier molecular flexibility index (Phi) is 6.74. The molecule has 0 heterocycles. The zero-order valence-corrected chi connectivity index (χ0v) is 11.9. The SMILES string of the molecule is CCCCCNC(CC)c1cccc(Br)c1. The lowest BCUT2D eigenvalue weighted by Crippen LogP contribution is -2.21. The van der Waals surface area contributed by atoms with Gasteiger partial charge in [0, 0.05) is 10.5 Å². The van der Waals surface area contributed by atoms with Gasteiger partial charge in [-0.25, -0.2) is 0 Å². The summed E-state index contributed by atoms with van der Waals surface area (Å²) in [5.41, 5.74) is 1.38. The second-order valence-electron chi connectivity index (χ2n) is 4.18. The van der Waals surface area contributed by atoms with E-state index in [0.29, 0.717) is 6.04 Å². The van der Waals surface area contributed by atoms with Crippen molar-refractivity contribution >= 4 is 15.9 Å². The van der Waals surface area contributed by atoms with Gasteiger partial charge in [-0.1, -0.05) is 54.8 Å². The fraction of sp³-hybridized carbons (Fsp3) is 0.571. The van der Waals surface area contributed by atoms with Crippen LogP contribution in [-0.2, 0) is 0 Å². The molecule has 1 atom stereocenters. The maximum atomic E-state index is 3.63. The van der Waals surface area contributed by atoms with Gasteiger partial charge in [-0.15, -0.1) is 0 Å². The Morgan fingerprint density at radius 1 is 1.25 bits per heavy atom. The van der Waals surface area contributed by atoms with E-state index in [1.165, 1.54) is 29.3 Å². The third kappa shape index (κ3) is 4.67. The van der Waals surface area contributed by atoms with Crippen LogP contribution in [0.25, 0.3) is 0 Å². The monoisotopic (exact) mass is 283 g/mol. The Bertz CT molecular complexity index is 299. The first-order valence-corrected chi connectivity index (χ1v) is 7.06. The molecule has 90 valence electrons. The number of hydrogen-bond donors (Lipinski definition) is 1. The summed E-state index contributed by atoms with van der Waals surface area (Å²) in [6, 6.07) is 9.09. The van der Waals surface area contributed by atoms with Gasteiger partial charge in [0.1, 0.15) is 0 Å². The first-order chi connectivity index (χ1) is 7.77. The van der Waals surface area contributed by atoms with E-state index < -0.39 is 0 Å². The molecule has 0 aliphatic carbocycles. The Morgan fingerprint density at radius 2 is 2.06 bits per heavy atom. The molecule has 0 saturated heterocycles.